The maximum atomic E-state index is 2.45. The Morgan fingerprint density at radius 1 is 1.06 bits per heavy atom. The van der Waals surface area contributed by atoms with Gasteiger partial charge in [-0.3, -0.25) is 0 Å². The van der Waals surface area contributed by atoms with Crippen LogP contribution in [0.3, 0.4) is 0 Å². The van der Waals surface area contributed by atoms with Crippen molar-refractivity contribution >= 4 is 0 Å². The normalized spacial score (nSPS) is 14.5. The molecule has 0 aliphatic heterocycles. The minimum absolute atomic E-state index is 0.698. The van der Waals surface area contributed by atoms with Gasteiger partial charge in [-0.1, -0.05) is 65.2 Å². The standard InChI is InChI=1S/C18H30/c1-6-8-14(3)12-16(5)18-13-17(9-7-2)11-10-15(18)4/h10-11,13-14,16H,6-9,12H2,1-5H3. The van der Waals surface area contributed by atoms with E-state index in [1.165, 1.54) is 43.2 Å². The van der Waals surface area contributed by atoms with Crippen molar-refractivity contribution in [2.75, 3.05) is 0 Å². The van der Waals surface area contributed by atoms with Gasteiger partial charge in [0.1, 0.15) is 0 Å². The van der Waals surface area contributed by atoms with Crippen molar-refractivity contribution in [1.29, 1.82) is 0 Å². The topological polar surface area (TPSA) is 0 Å². The molecule has 0 saturated heterocycles. The molecule has 0 aromatic heterocycles. The quantitative estimate of drug-likeness (QED) is 0.564. The zero-order chi connectivity index (χ0) is 13.5. The third-order valence-corrected chi connectivity index (χ3v) is 3.95. The van der Waals surface area contributed by atoms with Crippen LogP contribution in [0.25, 0.3) is 0 Å². The van der Waals surface area contributed by atoms with Crippen molar-refractivity contribution < 1.29 is 0 Å². The number of hydrogen-bond donors (Lipinski definition) is 0. The summed E-state index contributed by atoms with van der Waals surface area (Å²) in [6.07, 6.45) is 6.44. The lowest BCUT2D eigenvalue weighted by Crippen LogP contribution is -2.04. The number of benzene rings is 1. The summed E-state index contributed by atoms with van der Waals surface area (Å²) in [5, 5.41) is 0. The van der Waals surface area contributed by atoms with Crippen molar-refractivity contribution in [1.82, 2.24) is 0 Å². The van der Waals surface area contributed by atoms with E-state index in [9.17, 15) is 0 Å². The monoisotopic (exact) mass is 246 g/mol. The molecule has 0 saturated carbocycles. The fraction of sp³-hybridized carbons (Fsp3) is 0.667. The van der Waals surface area contributed by atoms with Crippen LogP contribution in [0.5, 0.6) is 0 Å². The predicted octanol–water partition coefficient (Wildman–Crippen LogP) is 5.88. The first-order valence-corrected chi connectivity index (χ1v) is 7.67. The highest BCUT2D eigenvalue weighted by Gasteiger charge is 2.12. The molecule has 1 aromatic carbocycles. The van der Waals surface area contributed by atoms with Crippen LogP contribution in [0.15, 0.2) is 18.2 Å². The molecule has 0 nitrogen and oxygen atoms in total. The van der Waals surface area contributed by atoms with Crippen LogP contribution in [-0.2, 0) is 6.42 Å². The molecule has 1 aromatic rings. The molecule has 0 aliphatic rings. The SMILES string of the molecule is CCCc1ccc(C)c(C(C)CC(C)CCC)c1. The average molecular weight is 246 g/mol. The van der Waals surface area contributed by atoms with Gasteiger partial charge in [0.15, 0.2) is 0 Å². The van der Waals surface area contributed by atoms with Gasteiger partial charge in [0.25, 0.3) is 0 Å². The molecule has 2 atom stereocenters. The van der Waals surface area contributed by atoms with E-state index in [1.807, 2.05) is 0 Å². The predicted molar refractivity (Wildman–Crippen MR) is 82.3 cm³/mol. The van der Waals surface area contributed by atoms with E-state index < -0.39 is 0 Å². The summed E-state index contributed by atoms with van der Waals surface area (Å²) in [5.41, 5.74) is 4.54. The van der Waals surface area contributed by atoms with E-state index in [0.29, 0.717) is 5.92 Å². The average Bonchev–Trinajstić information content (AvgIpc) is 2.32. The van der Waals surface area contributed by atoms with E-state index in [1.54, 1.807) is 5.56 Å². The summed E-state index contributed by atoms with van der Waals surface area (Å²) in [6, 6.07) is 7.05. The van der Waals surface area contributed by atoms with E-state index in [4.69, 9.17) is 0 Å². The Morgan fingerprint density at radius 3 is 2.39 bits per heavy atom. The fourth-order valence-electron chi connectivity index (χ4n) is 3.01. The maximum absolute atomic E-state index is 2.45. The molecule has 0 radical (unpaired) electrons. The van der Waals surface area contributed by atoms with Crippen molar-refractivity contribution in [3.8, 4) is 0 Å². The van der Waals surface area contributed by atoms with Crippen molar-refractivity contribution in [2.24, 2.45) is 5.92 Å². The van der Waals surface area contributed by atoms with Crippen molar-refractivity contribution in [3.63, 3.8) is 0 Å². The zero-order valence-corrected chi connectivity index (χ0v) is 12.9. The second kappa shape index (κ2) is 7.61. The van der Waals surface area contributed by atoms with Crippen molar-refractivity contribution in [2.45, 2.75) is 72.6 Å². The molecular formula is C18H30. The highest BCUT2D eigenvalue weighted by molar-refractivity contribution is 5.33. The molecule has 0 amide bonds. The van der Waals surface area contributed by atoms with Gasteiger partial charge < -0.3 is 0 Å². The lowest BCUT2D eigenvalue weighted by Gasteiger charge is -2.20. The summed E-state index contributed by atoms with van der Waals surface area (Å²) in [4.78, 5) is 0. The second-order valence-electron chi connectivity index (χ2n) is 5.97. The molecule has 0 heterocycles. The number of aryl methyl sites for hydroxylation is 2. The first-order chi connectivity index (χ1) is 8.58. The Kier molecular flexibility index (Phi) is 6.46. The number of rotatable bonds is 7. The largest absolute Gasteiger partial charge is 0.0654 e. The Labute approximate surface area is 114 Å². The van der Waals surface area contributed by atoms with Gasteiger partial charge in [-0.25, -0.2) is 0 Å². The summed E-state index contributed by atoms with van der Waals surface area (Å²) in [5.74, 6) is 1.54. The molecule has 0 spiro atoms. The van der Waals surface area contributed by atoms with Crippen molar-refractivity contribution in [3.05, 3.63) is 34.9 Å². The summed E-state index contributed by atoms with van der Waals surface area (Å²) < 4.78 is 0. The molecular weight excluding hydrogens is 216 g/mol. The zero-order valence-electron chi connectivity index (χ0n) is 12.9. The minimum Gasteiger partial charge on any atom is -0.0654 e. The smallest absolute Gasteiger partial charge is 0.0185 e. The molecule has 0 aliphatic carbocycles. The molecule has 0 N–H and O–H groups in total. The summed E-state index contributed by atoms with van der Waals surface area (Å²) >= 11 is 0. The van der Waals surface area contributed by atoms with Gasteiger partial charge in [0.2, 0.25) is 0 Å². The Balaban J connectivity index is 2.76. The van der Waals surface area contributed by atoms with Gasteiger partial charge in [0, 0.05) is 0 Å². The lowest BCUT2D eigenvalue weighted by molar-refractivity contribution is 0.448. The van der Waals surface area contributed by atoms with E-state index in [2.05, 4.69) is 52.8 Å². The van der Waals surface area contributed by atoms with Gasteiger partial charge in [-0.15, -0.1) is 0 Å². The van der Waals surface area contributed by atoms with Gasteiger partial charge in [-0.05, 0) is 48.3 Å². The van der Waals surface area contributed by atoms with Crippen LogP contribution in [0.4, 0.5) is 0 Å². The molecule has 1 rings (SSSR count). The van der Waals surface area contributed by atoms with Crippen LogP contribution >= 0.6 is 0 Å². The highest BCUT2D eigenvalue weighted by atomic mass is 14.2. The molecule has 0 fully saturated rings. The van der Waals surface area contributed by atoms with E-state index >= 15 is 0 Å². The van der Waals surface area contributed by atoms with Gasteiger partial charge in [0.05, 0.1) is 0 Å². The Bertz CT molecular complexity index is 351. The highest BCUT2D eigenvalue weighted by Crippen LogP contribution is 2.28. The Morgan fingerprint density at radius 2 is 1.78 bits per heavy atom. The Hall–Kier alpha value is -0.780. The minimum atomic E-state index is 0.698. The molecule has 102 valence electrons. The first kappa shape index (κ1) is 15.3. The van der Waals surface area contributed by atoms with Crippen LogP contribution in [0.1, 0.15) is 76.0 Å². The van der Waals surface area contributed by atoms with Crippen LogP contribution < -0.4 is 0 Å². The molecule has 18 heavy (non-hydrogen) atoms. The van der Waals surface area contributed by atoms with Crippen LogP contribution in [0, 0.1) is 12.8 Å². The van der Waals surface area contributed by atoms with Crippen LogP contribution in [0.2, 0.25) is 0 Å². The third-order valence-electron chi connectivity index (χ3n) is 3.95. The second-order valence-corrected chi connectivity index (χ2v) is 5.97. The van der Waals surface area contributed by atoms with Gasteiger partial charge in [-0.2, -0.15) is 0 Å². The lowest BCUT2D eigenvalue weighted by atomic mass is 9.86. The number of hydrogen-bond acceptors (Lipinski definition) is 0. The van der Waals surface area contributed by atoms with Gasteiger partial charge >= 0.3 is 0 Å². The van der Waals surface area contributed by atoms with E-state index in [0.717, 1.165) is 5.92 Å². The first-order valence-electron chi connectivity index (χ1n) is 7.67. The third kappa shape index (κ3) is 4.48. The van der Waals surface area contributed by atoms with E-state index in [-0.39, 0.29) is 0 Å². The van der Waals surface area contributed by atoms with Crippen LogP contribution in [-0.4, -0.2) is 0 Å². The fourth-order valence-corrected chi connectivity index (χ4v) is 3.01. The molecule has 0 bridgehead atoms. The summed E-state index contributed by atoms with van der Waals surface area (Å²) in [7, 11) is 0. The summed E-state index contributed by atoms with van der Waals surface area (Å²) in [6.45, 7) is 11.6. The molecule has 0 heteroatoms. The molecule has 2 unspecified atom stereocenters. The maximum Gasteiger partial charge on any atom is -0.0185 e.